The van der Waals surface area contributed by atoms with E-state index in [-0.39, 0.29) is 0 Å². The zero-order valence-electron chi connectivity index (χ0n) is 10.4. The van der Waals surface area contributed by atoms with Crippen molar-refractivity contribution in [2.45, 2.75) is 36.9 Å². The normalized spacial score (nSPS) is 15.6. The zero-order valence-corrected chi connectivity index (χ0v) is 11.2. The third-order valence-electron chi connectivity index (χ3n) is 2.52. The second-order valence-electron chi connectivity index (χ2n) is 3.99. The first-order valence-electron chi connectivity index (χ1n) is 5.57. The van der Waals surface area contributed by atoms with Crippen LogP contribution in [0.5, 0.6) is 0 Å². The molecule has 2 nitrogen and oxygen atoms in total. The Morgan fingerprint density at radius 3 is 2.41 bits per heavy atom. The van der Waals surface area contributed by atoms with Crippen molar-refractivity contribution in [3.05, 3.63) is 29.8 Å². The highest BCUT2D eigenvalue weighted by Gasteiger charge is 2.19. The van der Waals surface area contributed by atoms with E-state index in [1.165, 1.54) is 0 Å². The Kier molecular flexibility index (Phi) is 5.07. The summed E-state index contributed by atoms with van der Waals surface area (Å²) in [5, 5.41) is 19.6. The molecule has 0 radical (unpaired) electrons. The van der Waals surface area contributed by atoms with Gasteiger partial charge in [0.2, 0.25) is 0 Å². The van der Waals surface area contributed by atoms with E-state index >= 15 is 0 Å². The van der Waals surface area contributed by atoms with E-state index < -0.39 is 11.7 Å². The minimum Gasteiger partial charge on any atom is -0.380 e. The summed E-state index contributed by atoms with van der Waals surface area (Å²) in [6, 6.07) is 7.62. The smallest absolute Gasteiger partial charge is 0.148 e. The maximum atomic E-state index is 10.2. The Balaban J connectivity index is 2.90. The van der Waals surface area contributed by atoms with Crippen molar-refractivity contribution >= 4 is 11.8 Å². The van der Waals surface area contributed by atoms with Gasteiger partial charge in [-0.25, -0.2) is 0 Å². The Morgan fingerprint density at radius 2 is 1.94 bits per heavy atom. The van der Waals surface area contributed by atoms with Crippen molar-refractivity contribution < 1.29 is 10.2 Å². The molecule has 3 heteroatoms. The third-order valence-corrected chi connectivity index (χ3v) is 3.26. The molecule has 0 amide bonds. The van der Waals surface area contributed by atoms with Crippen LogP contribution < -0.4 is 0 Å². The lowest BCUT2D eigenvalue weighted by atomic mass is 9.96. The van der Waals surface area contributed by atoms with Gasteiger partial charge in [0.05, 0.1) is 0 Å². The second-order valence-corrected chi connectivity index (χ2v) is 4.87. The van der Waals surface area contributed by atoms with Crippen molar-refractivity contribution in [2.24, 2.45) is 0 Å². The van der Waals surface area contributed by atoms with Crippen LogP contribution in [0, 0.1) is 11.8 Å². The number of benzene rings is 1. The molecule has 0 spiro atoms. The Morgan fingerprint density at radius 1 is 1.35 bits per heavy atom. The van der Waals surface area contributed by atoms with E-state index in [1.54, 1.807) is 18.7 Å². The van der Waals surface area contributed by atoms with Gasteiger partial charge < -0.3 is 10.2 Å². The molecule has 0 heterocycles. The molecule has 1 rings (SSSR count). The van der Waals surface area contributed by atoms with Gasteiger partial charge in [-0.3, -0.25) is 0 Å². The van der Waals surface area contributed by atoms with Gasteiger partial charge >= 0.3 is 0 Å². The first-order valence-corrected chi connectivity index (χ1v) is 6.79. The monoisotopic (exact) mass is 250 g/mol. The van der Waals surface area contributed by atoms with E-state index in [2.05, 4.69) is 11.8 Å². The van der Waals surface area contributed by atoms with Crippen molar-refractivity contribution in [3.63, 3.8) is 0 Å². The lowest BCUT2D eigenvalue weighted by Gasteiger charge is -2.17. The molecule has 0 aliphatic carbocycles. The number of aliphatic hydroxyl groups is 2. The molecule has 1 aromatic carbocycles. The van der Waals surface area contributed by atoms with Crippen LogP contribution in [0.3, 0.4) is 0 Å². The van der Waals surface area contributed by atoms with Gasteiger partial charge in [-0.05, 0) is 37.3 Å². The number of thioether (sulfide) groups is 1. The Bertz CT molecular complexity index is 412. The molecule has 2 atom stereocenters. The highest BCUT2D eigenvalue weighted by Crippen LogP contribution is 2.23. The maximum absolute atomic E-state index is 10.2. The van der Waals surface area contributed by atoms with Gasteiger partial charge in [-0.15, -0.1) is 11.8 Å². The summed E-state index contributed by atoms with van der Waals surface area (Å²) in [5.41, 5.74) is -0.473. The fourth-order valence-corrected chi connectivity index (χ4v) is 1.72. The molecule has 0 aliphatic heterocycles. The van der Waals surface area contributed by atoms with E-state index in [1.807, 2.05) is 37.4 Å². The summed E-state index contributed by atoms with van der Waals surface area (Å²) in [6.07, 6.45) is 1.89. The lowest BCUT2D eigenvalue weighted by molar-refractivity contribution is 0.121. The highest BCUT2D eigenvalue weighted by molar-refractivity contribution is 7.98. The van der Waals surface area contributed by atoms with Crippen molar-refractivity contribution in [1.29, 1.82) is 0 Å². The molecular weight excluding hydrogens is 232 g/mol. The van der Waals surface area contributed by atoms with Crippen LogP contribution in [-0.2, 0) is 5.60 Å². The molecule has 92 valence electrons. The zero-order chi connectivity index (χ0) is 12.9. The summed E-state index contributed by atoms with van der Waals surface area (Å²) in [7, 11) is 0. The fraction of sp³-hybridized carbons (Fsp3) is 0.429. The minimum atomic E-state index is -1.22. The topological polar surface area (TPSA) is 40.5 Å². The van der Waals surface area contributed by atoms with Gasteiger partial charge in [0, 0.05) is 4.90 Å². The average Bonchev–Trinajstić information content (AvgIpc) is 2.36. The molecule has 0 aliphatic rings. The molecule has 0 aromatic heterocycles. The van der Waals surface area contributed by atoms with Crippen LogP contribution >= 0.6 is 11.8 Å². The van der Waals surface area contributed by atoms with Crippen molar-refractivity contribution in [3.8, 4) is 11.8 Å². The SMILES string of the molecule is CCC(O)C#CC(C)(O)c1ccc(SC)cc1. The first kappa shape index (κ1) is 14.1. The third kappa shape index (κ3) is 4.08. The molecular formula is C14H18O2S. The van der Waals surface area contributed by atoms with Crippen molar-refractivity contribution in [1.82, 2.24) is 0 Å². The van der Waals surface area contributed by atoms with Gasteiger partial charge in [0.15, 0.2) is 0 Å². The molecule has 0 fully saturated rings. The minimum absolute atomic E-state index is 0.564. The largest absolute Gasteiger partial charge is 0.380 e. The summed E-state index contributed by atoms with van der Waals surface area (Å²) >= 11 is 1.65. The van der Waals surface area contributed by atoms with Crippen molar-refractivity contribution in [2.75, 3.05) is 6.26 Å². The fourth-order valence-electron chi connectivity index (χ4n) is 1.31. The predicted octanol–water partition coefficient (Wildman–Crippen LogP) is 2.39. The average molecular weight is 250 g/mol. The molecule has 0 bridgehead atoms. The van der Waals surface area contributed by atoms with E-state index in [0.717, 1.165) is 10.5 Å². The van der Waals surface area contributed by atoms with E-state index in [4.69, 9.17) is 0 Å². The van der Waals surface area contributed by atoms with Gasteiger partial charge in [-0.2, -0.15) is 0 Å². The maximum Gasteiger partial charge on any atom is 0.148 e. The van der Waals surface area contributed by atoms with Crippen LogP contribution in [0.25, 0.3) is 0 Å². The predicted molar refractivity (Wildman–Crippen MR) is 71.9 cm³/mol. The quantitative estimate of drug-likeness (QED) is 0.639. The van der Waals surface area contributed by atoms with E-state index in [9.17, 15) is 10.2 Å². The number of hydrogen-bond donors (Lipinski definition) is 2. The summed E-state index contributed by atoms with van der Waals surface area (Å²) in [4.78, 5) is 1.14. The molecule has 0 saturated heterocycles. The lowest BCUT2D eigenvalue weighted by Crippen LogP contribution is -2.19. The van der Waals surface area contributed by atoms with Crippen LogP contribution in [-0.4, -0.2) is 22.6 Å². The molecule has 2 N–H and O–H groups in total. The Hall–Kier alpha value is -0.950. The standard InChI is InChI=1S/C14H18O2S/c1-4-12(15)9-10-14(2,16)11-5-7-13(17-3)8-6-11/h5-8,12,15-16H,4H2,1-3H3. The van der Waals surface area contributed by atoms with Gasteiger partial charge in [0.25, 0.3) is 0 Å². The second kappa shape index (κ2) is 6.11. The molecule has 17 heavy (non-hydrogen) atoms. The Labute approximate surface area is 107 Å². The first-order chi connectivity index (χ1) is 7.99. The van der Waals surface area contributed by atoms with Crippen LogP contribution in [0.2, 0.25) is 0 Å². The number of rotatable bonds is 3. The van der Waals surface area contributed by atoms with E-state index in [0.29, 0.717) is 6.42 Å². The van der Waals surface area contributed by atoms with Crippen LogP contribution in [0.4, 0.5) is 0 Å². The number of aliphatic hydroxyl groups excluding tert-OH is 1. The van der Waals surface area contributed by atoms with Crippen LogP contribution in [0.1, 0.15) is 25.8 Å². The molecule has 2 unspecified atom stereocenters. The summed E-state index contributed by atoms with van der Waals surface area (Å²) in [6.45, 7) is 3.48. The molecule has 1 aromatic rings. The summed E-state index contributed by atoms with van der Waals surface area (Å²) < 4.78 is 0. The van der Waals surface area contributed by atoms with Crippen LogP contribution in [0.15, 0.2) is 29.2 Å². The highest BCUT2D eigenvalue weighted by atomic mass is 32.2. The van der Waals surface area contributed by atoms with Gasteiger partial charge in [0.1, 0.15) is 11.7 Å². The molecule has 0 saturated carbocycles. The van der Waals surface area contributed by atoms with Gasteiger partial charge in [-0.1, -0.05) is 30.9 Å². The summed E-state index contributed by atoms with van der Waals surface area (Å²) in [5.74, 6) is 5.36. The number of hydrogen-bond acceptors (Lipinski definition) is 3.